The zero-order valence-electron chi connectivity index (χ0n) is 13.6. The predicted octanol–water partition coefficient (Wildman–Crippen LogP) is 1.70. The molecule has 0 radical (unpaired) electrons. The third kappa shape index (κ3) is 2.94. The molecule has 2 heterocycles. The van der Waals surface area contributed by atoms with E-state index in [0.29, 0.717) is 0 Å². The van der Waals surface area contributed by atoms with E-state index in [0.717, 1.165) is 37.2 Å². The van der Waals surface area contributed by atoms with E-state index in [9.17, 15) is 0 Å². The molecule has 1 aromatic heterocycles. The Balaban J connectivity index is 1.72. The number of hydrogen-bond acceptors (Lipinski definition) is 4. The van der Waals surface area contributed by atoms with Crippen LogP contribution in [0.1, 0.15) is 30.5 Å². The Labute approximate surface area is 127 Å². The van der Waals surface area contributed by atoms with Gasteiger partial charge in [0.05, 0.1) is 12.3 Å². The van der Waals surface area contributed by atoms with Crippen molar-refractivity contribution in [2.45, 2.75) is 32.7 Å². The molecule has 1 aliphatic heterocycles. The molecule has 1 aliphatic carbocycles. The fourth-order valence-corrected chi connectivity index (χ4v) is 4.09. The Kier molecular flexibility index (Phi) is 4.50. The number of aromatic nitrogens is 2. The zero-order valence-corrected chi connectivity index (χ0v) is 13.6. The molecule has 2 atom stereocenters. The van der Waals surface area contributed by atoms with Gasteiger partial charge in [-0.1, -0.05) is 6.42 Å². The van der Waals surface area contributed by atoms with Crippen LogP contribution in [0.2, 0.25) is 0 Å². The standard InChI is InChI=1S/C16H28N4O/c1-12-15(9-17-7-8-21-3)16(19(2)18-12)20-10-13-5-4-6-14(13)11-20/h13-14,17H,4-11H2,1-3H3. The largest absolute Gasteiger partial charge is 0.383 e. The van der Waals surface area contributed by atoms with Crippen LogP contribution in [0.3, 0.4) is 0 Å². The number of hydrogen-bond donors (Lipinski definition) is 1. The summed E-state index contributed by atoms with van der Waals surface area (Å²) < 4.78 is 7.17. The summed E-state index contributed by atoms with van der Waals surface area (Å²) in [6.45, 7) is 7.07. The monoisotopic (exact) mass is 292 g/mol. The van der Waals surface area contributed by atoms with Crippen molar-refractivity contribution in [1.82, 2.24) is 15.1 Å². The number of aryl methyl sites for hydroxylation is 2. The summed E-state index contributed by atoms with van der Waals surface area (Å²) >= 11 is 0. The smallest absolute Gasteiger partial charge is 0.131 e. The van der Waals surface area contributed by atoms with Crippen molar-refractivity contribution in [3.05, 3.63) is 11.3 Å². The molecule has 0 spiro atoms. The van der Waals surface area contributed by atoms with Crippen LogP contribution in [0.25, 0.3) is 0 Å². The Morgan fingerprint density at radius 2 is 2.00 bits per heavy atom. The third-order valence-electron chi connectivity index (χ3n) is 5.12. The molecule has 5 heteroatoms. The number of methoxy groups -OCH3 is 1. The summed E-state index contributed by atoms with van der Waals surface area (Å²) in [4.78, 5) is 2.57. The summed E-state index contributed by atoms with van der Waals surface area (Å²) in [5.41, 5.74) is 2.50. The molecule has 2 unspecified atom stereocenters. The molecular formula is C16H28N4O. The average molecular weight is 292 g/mol. The van der Waals surface area contributed by atoms with Gasteiger partial charge in [-0.3, -0.25) is 4.68 Å². The highest BCUT2D eigenvalue weighted by molar-refractivity contribution is 5.51. The van der Waals surface area contributed by atoms with Crippen LogP contribution in [0.4, 0.5) is 5.82 Å². The fourth-order valence-electron chi connectivity index (χ4n) is 4.09. The molecular weight excluding hydrogens is 264 g/mol. The third-order valence-corrected chi connectivity index (χ3v) is 5.12. The molecule has 0 bridgehead atoms. The van der Waals surface area contributed by atoms with Crippen molar-refractivity contribution in [1.29, 1.82) is 0 Å². The number of fused-ring (bicyclic) bond motifs is 1. The van der Waals surface area contributed by atoms with E-state index in [1.807, 2.05) is 0 Å². The highest BCUT2D eigenvalue weighted by atomic mass is 16.5. The van der Waals surface area contributed by atoms with Gasteiger partial charge in [-0.15, -0.1) is 0 Å². The lowest BCUT2D eigenvalue weighted by Gasteiger charge is -2.21. The second-order valence-corrected chi connectivity index (χ2v) is 6.54. The van der Waals surface area contributed by atoms with Gasteiger partial charge in [0.2, 0.25) is 0 Å². The van der Waals surface area contributed by atoms with Crippen LogP contribution < -0.4 is 10.2 Å². The van der Waals surface area contributed by atoms with Crippen molar-refractivity contribution in [3.8, 4) is 0 Å². The minimum absolute atomic E-state index is 0.752. The second kappa shape index (κ2) is 6.36. The predicted molar refractivity (Wildman–Crippen MR) is 84.6 cm³/mol. The van der Waals surface area contributed by atoms with Gasteiger partial charge in [0.25, 0.3) is 0 Å². The number of nitrogens with one attached hydrogen (secondary N) is 1. The molecule has 1 saturated carbocycles. The number of ether oxygens (including phenoxy) is 1. The van der Waals surface area contributed by atoms with Crippen molar-refractivity contribution in [2.24, 2.45) is 18.9 Å². The summed E-state index contributed by atoms with van der Waals surface area (Å²) in [6, 6.07) is 0. The number of nitrogens with zero attached hydrogens (tertiary/aromatic N) is 3. The molecule has 2 fully saturated rings. The summed E-state index contributed by atoms with van der Waals surface area (Å²) in [6.07, 6.45) is 4.26. The molecule has 3 rings (SSSR count). The van der Waals surface area contributed by atoms with Gasteiger partial charge >= 0.3 is 0 Å². The van der Waals surface area contributed by atoms with E-state index >= 15 is 0 Å². The zero-order chi connectivity index (χ0) is 14.8. The van der Waals surface area contributed by atoms with E-state index in [1.54, 1.807) is 7.11 Å². The van der Waals surface area contributed by atoms with Crippen molar-refractivity contribution in [3.63, 3.8) is 0 Å². The maximum absolute atomic E-state index is 5.10. The van der Waals surface area contributed by atoms with Crippen molar-refractivity contribution in [2.75, 3.05) is 38.3 Å². The fraction of sp³-hybridized carbons (Fsp3) is 0.812. The summed E-state index contributed by atoms with van der Waals surface area (Å²) in [5.74, 6) is 3.15. The van der Waals surface area contributed by atoms with E-state index in [-0.39, 0.29) is 0 Å². The Morgan fingerprint density at radius 3 is 2.67 bits per heavy atom. The minimum Gasteiger partial charge on any atom is -0.383 e. The molecule has 1 aromatic rings. The van der Waals surface area contributed by atoms with E-state index in [1.165, 1.54) is 43.7 Å². The maximum atomic E-state index is 5.10. The van der Waals surface area contributed by atoms with Gasteiger partial charge < -0.3 is 15.0 Å². The SMILES string of the molecule is COCCNCc1c(C)nn(C)c1N1CC2CCCC2C1. The molecule has 21 heavy (non-hydrogen) atoms. The lowest BCUT2D eigenvalue weighted by Crippen LogP contribution is -2.26. The van der Waals surface area contributed by atoms with Crippen LogP contribution in [0.15, 0.2) is 0 Å². The van der Waals surface area contributed by atoms with Crippen LogP contribution >= 0.6 is 0 Å². The Morgan fingerprint density at radius 1 is 1.29 bits per heavy atom. The summed E-state index contributed by atoms with van der Waals surface area (Å²) in [5, 5.41) is 8.12. The van der Waals surface area contributed by atoms with Gasteiger partial charge in [0, 0.05) is 45.9 Å². The van der Waals surface area contributed by atoms with Gasteiger partial charge in [-0.2, -0.15) is 5.10 Å². The molecule has 0 aromatic carbocycles. The lowest BCUT2D eigenvalue weighted by atomic mass is 10.0. The number of rotatable bonds is 6. The van der Waals surface area contributed by atoms with Crippen LogP contribution in [0, 0.1) is 18.8 Å². The molecule has 1 saturated heterocycles. The first-order chi connectivity index (χ1) is 10.2. The molecule has 2 aliphatic rings. The highest BCUT2D eigenvalue weighted by Gasteiger charge is 2.37. The normalized spacial score (nSPS) is 24.8. The lowest BCUT2D eigenvalue weighted by molar-refractivity contribution is 0.199. The first kappa shape index (κ1) is 14.9. The first-order valence-electron chi connectivity index (χ1n) is 8.17. The minimum atomic E-state index is 0.752. The van der Waals surface area contributed by atoms with Gasteiger partial charge in [0.1, 0.15) is 5.82 Å². The quantitative estimate of drug-likeness (QED) is 0.811. The van der Waals surface area contributed by atoms with Crippen LogP contribution in [-0.4, -0.2) is 43.1 Å². The topological polar surface area (TPSA) is 42.3 Å². The summed E-state index contributed by atoms with van der Waals surface area (Å²) in [7, 11) is 3.82. The van der Waals surface area contributed by atoms with Crippen molar-refractivity contribution < 1.29 is 4.74 Å². The second-order valence-electron chi connectivity index (χ2n) is 6.54. The Bertz CT molecular complexity index is 473. The molecule has 1 N–H and O–H groups in total. The molecule has 0 amide bonds. The van der Waals surface area contributed by atoms with Gasteiger partial charge in [0.15, 0.2) is 0 Å². The first-order valence-corrected chi connectivity index (χ1v) is 8.17. The Hall–Kier alpha value is -1.07. The van der Waals surface area contributed by atoms with E-state index < -0.39 is 0 Å². The average Bonchev–Trinajstić information content (AvgIpc) is 3.08. The van der Waals surface area contributed by atoms with Gasteiger partial charge in [-0.25, -0.2) is 0 Å². The molecule has 118 valence electrons. The highest BCUT2D eigenvalue weighted by Crippen LogP contribution is 2.40. The van der Waals surface area contributed by atoms with E-state index in [4.69, 9.17) is 4.74 Å². The van der Waals surface area contributed by atoms with Crippen molar-refractivity contribution >= 4 is 5.82 Å². The van der Waals surface area contributed by atoms with Gasteiger partial charge in [-0.05, 0) is 31.6 Å². The van der Waals surface area contributed by atoms with E-state index in [2.05, 4.69) is 34.0 Å². The van der Waals surface area contributed by atoms with Crippen LogP contribution in [-0.2, 0) is 18.3 Å². The molecule has 5 nitrogen and oxygen atoms in total. The van der Waals surface area contributed by atoms with Crippen LogP contribution in [0.5, 0.6) is 0 Å². The number of anilines is 1. The maximum Gasteiger partial charge on any atom is 0.131 e.